The number of nitrogens with one attached hydrogen (secondary N) is 1. The Morgan fingerprint density at radius 3 is 2.69 bits per heavy atom. The smallest absolute Gasteiger partial charge is 0.341 e. The third-order valence-electron chi connectivity index (χ3n) is 8.23. The molecular formula is C32H33BrN2O3S. The first-order valence-electron chi connectivity index (χ1n) is 13.3. The van der Waals surface area contributed by atoms with Crippen LogP contribution in [0, 0.1) is 18.3 Å². The Morgan fingerprint density at radius 2 is 1.97 bits per heavy atom. The molecule has 0 fully saturated rings. The lowest BCUT2D eigenvalue weighted by Gasteiger charge is -2.36. The lowest BCUT2D eigenvalue weighted by Crippen LogP contribution is -2.28. The van der Waals surface area contributed by atoms with Crippen LogP contribution < -0.4 is 5.32 Å². The number of amides is 1. The summed E-state index contributed by atoms with van der Waals surface area (Å²) in [4.78, 5) is 32.9. The van der Waals surface area contributed by atoms with Crippen molar-refractivity contribution in [2.75, 3.05) is 12.4 Å². The number of pyridine rings is 1. The predicted molar refractivity (Wildman–Crippen MR) is 163 cm³/mol. The number of carbonyl (C=O) groups excluding carboxylic acids is 2. The number of aromatic nitrogens is 1. The molecule has 1 aliphatic carbocycles. The molecule has 0 bridgehead atoms. The van der Waals surface area contributed by atoms with Gasteiger partial charge in [0.2, 0.25) is 0 Å². The number of hydrogen-bond acceptors (Lipinski definition) is 5. The molecule has 5 rings (SSSR count). The molecule has 0 spiro atoms. The molecule has 5 nitrogen and oxygen atoms in total. The van der Waals surface area contributed by atoms with Crippen LogP contribution in [-0.4, -0.2) is 24.0 Å². The van der Waals surface area contributed by atoms with Gasteiger partial charge < -0.3 is 10.1 Å². The number of rotatable bonds is 6. The van der Waals surface area contributed by atoms with Crippen LogP contribution in [0.15, 0.2) is 53.0 Å². The van der Waals surface area contributed by atoms with Crippen LogP contribution in [0.4, 0.5) is 5.00 Å². The number of carbonyl (C=O) groups is 2. The van der Waals surface area contributed by atoms with Gasteiger partial charge in [-0.3, -0.25) is 4.79 Å². The van der Waals surface area contributed by atoms with Gasteiger partial charge in [0, 0.05) is 20.3 Å². The van der Waals surface area contributed by atoms with Crippen molar-refractivity contribution in [1.82, 2.24) is 4.98 Å². The maximum atomic E-state index is 13.9. The second-order valence-electron chi connectivity index (χ2n) is 11.0. The molecule has 202 valence electrons. The van der Waals surface area contributed by atoms with E-state index in [1.165, 1.54) is 23.3 Å². The number of ether oxygens (including phenoxy) is 1. The van der Waals surface area contributed by atoms with Crippen LogP contribution in [0.2, 0.25) is 0 Å². The zero-order valence-electron chi connectivity index (χ0n) is 23.0. The second kappa shape index (κ2) is 10.9. The largest absolute Gasteiger partial charge is 0.465 e. The highest BCUT2D eigenvalue weighted by molar-refractivity contribution is 9.10. The van der Waals surface area contributed by atoms with E-state index in [0.29, 0.717) is 22.0 Å². The molecule has 0 unspecified atom stereocenters. The van der Waals surface area contributed by atoms with Crippen LogP contribution in [0.1, 0.15) is 70.3 Å². The van der Waals surface area contributed by atoms with E-state index in [1.54, 1.807) is 0 Å². The summed E-state index contributed by atoms with van der Waals surface area (Å²) < 4.78 is 6.04. The van der Waals surface area contributed by atoms with Crippen molar-refractivity contribution in [2.45, 2.75) is 53.4 Å². The first-order valence-corrected chi connectivity index (χ1v) is 14.9. The molecule has 1 N–H and O–H groups in total. The minimum Gasteiger partial charge on any atom is -0.465 e. The van der Waals surface area contributed by atoms with Crippen molar-refractivity contribution in [3.8, 4) is 11.3 Å². The van der Waals surface area contributed by atoms with Crippen LogP contribution in [-0.2, 0) is 17.6 Å². The molecule has 39 heavy (non-hydrogen) atoms. The van der Waals surface area contributed by atoms with Crippen molar-refractivity contribution in [1.29, 1.82) is 0 Å². The standard InChI is InChI=1S/C32H33BrN2O3S/c1-6-32(3,4)20-10-12-22-27(15-20)39-30(28(22)31(37)38-5)35-29(36)24-17-26(19-9-7-8-18(2)14-19)34-25-13-11-21(33)16-23(24)25/h7-9,11,13-14,16-17,20H,6,10,12,15H2,1-5H3,(H,35,36)/t20-/m1/s1. The molecule has 4 aromatic rings. The average molecular weight is 606 g/mol. The average Bonchev–Trinajstić information content (AvgIpc) is 3.28. The summed E-state index contributed by atoms with van der Waals surface area (Å²) in [6, 6.07) is 15.7. The topological polar surface area (TPSA) is 68.3 Å². The number of fused-ring (bicyclic) bond motifs is 2. The van der Waals surface area contributed by atoms with Crippen molar-refractivity contribution >= 4 is 55.0 Å². The summed E-state index contributed by atoms with van der Waals surface area (Å²) in [6.45, 7) is 8.91. The minimum absolute atomic E-state index is 0.214. The molecule has 2 aromatic carbocycles. The predicted octanol–water partition coefficient (Wildman–Crippen LogP) is 8.61. The molecule has 0 saturated heterocycles. The third-order valence-corrected chi connectivity index (χ3v) is 9.89. The first kappa shape index (κ1) is 27.5. The Labute approximate surface area is 242 Å². The normalized spacial score (nSPS) is 15.2. The summed E-state index contributed by atoms with van der Waals surface area (Å²) >= 11 is 5.06. The second-order valence-corrected chi connectivity index (χ2v) is 13.0. The van der Waals surface area contributed by atoms with Gasteiger partial charge >= 0.3 is 5.97 Å². The number of nitrogens with zero attached hydrogens (tertiary/aromatic N) is 1. The highest BCUT2D eigenvalue weighted by atomic mass is 79.9. The van der Waals surface area contributed by atoms with Gasteiger partial charge in [-0.15, -0.1) is 11.3 Å². The molecule has 7 heteroatoms. The summed E-state index contributed by atoms with van der Waals surface area (Å²) in [5.41, 5.74) is 5.75. The van der Waals surface area contributed by atoms with Crippen molar-refractivity contribution in [3.05, 3.63) is 80.1 Å². The third kappa shape index (κ3) is 5.39. The number of esters is 1. The van der Waals surface area contributed by atoms with Gasteiger partial charge in [0.15, 0.2) is 0 Å². The molecule has 2 aromatic heterocycles. The molecule has 2 heterocycles. The Morgan fingerprint density at radius 1 is 1.18 bits per heavy atom. The molecule has 1 aliphatic rings. The zero-order chi connectivity index (χ0) is 27.9. The van der Waals surface area contributed by atoms with Crippen molar-refractivity contribution in [2.24, 2.45) is 11.3 Å². The first-order chi connectivity index (χ1) is 18.6. The molecule has 1 amide bonds. The van der Waals surface area contributed by atoms with Gasteiger partial charge in [0.25, 0.3) is 5.91 Å². The number of anilines is 1. The molecule has 0 radical (unpaired) electrons. The van der Waals surface area contributed by atoms with E-state index in [2.05, 4.69) is 48.1 Å². The number of thiophene rings is 1. The summed E-state index contributed by atoms with van der Waals surface area (Å²) in [5, 5.41) is 4.40. The summed E-state index contributed by atoms with van der Waals surface area (Å²) in [6.07, 6.45) is 3.83. The van der Waals surface area contributed by atoms with E-state index >= 15 is 0 Å². The SMILES string of the molecule is CCC(C)(C)[C@@H]1CCc2c(sc(NC(=O)c3cc(-c4cccc(C)c4)nc4ccc(Br)cc34)c2C(=O)OC)C1. The van der Waals surface area contributed by atoms with Crippen LogP contribution >= 0.6 is 27.3 Å². The number of aryl methyl sites for hydroxylation is 1. The van der Waals surface area contributed by atoms with E-state index in [1.807, 2.05) is 49.4 Å². The Hall–Kier alpha value is -3.03. The van der Waals surface area contributed by atoms with Gasteiger partial charge in [-0.05, 0) is 73.4 Å². The molecule has 1 atom stereocenters. The summed E-state index contributed by atoms with van der Waals surface area (Å²) in [7, 11) is 1.39. The van der Waals surface area contributed by atoms with Crippen LogP contribution in [0.3, 0.4) is 0 Å². The van der Waals surface area contributed by atoms with Crippen LogP contribution in [0.25, 0.3) is 22.2 Å². The fourth-order valence-corrected chi connectivity index (χ4v) is 7.13. The fraction of sp³-hybridized carbons (Fsp3) is 0.344. The van der Waals surface area contributed by atoms with E-state index < -0.39 is 5.97 Å². The molecule has 0 aliphatic heterocycles. The number of hydrogen-bond donors (Lipinski definition) is 1. The van der Waals surface area contributed by atoms with Gasteiger partial charge in [-0.25, -0.2) is 9.78 Å². The Balaban J connectivity index is 1.57. The number of halogens is 1. The highest BCUT2D eigenvalue weighted by Crippen LogP contribution is 2.46. The quantitative estimate of drug-likeness (QED) is 0.224. The molecular weight excluding hydrogens is 572 g/mol. The van der Waals surface area contributed by atoms with E-state index in [0.717, 1.165) is 63.4 Å². The lowest BCUT2D eigenvalue weighted by atomic mass is 9.69. The van der Waals surface area contributed by atoms with E-state index in [4.69, 9.17) is 9.72 Å². The number of methoxy groups -OCH3 is 1. The van der Waals surface area contributed by atoms with Crippen molar-refractivity contribution in [3.63, 3.8) is 0 Å². The fourth-order valence-electron chi connectivity index (χ4n) is 5.46. The summed E-state index contributed by atoms with van der Waals surface area (Å²) in [5.74, 6) is -0.150. The Kier molecular flexibility index (Phi) is 7.66. The van der Waals surface area contributed by atoms with E-state index in [9.17, 15) is 9.59 Å². The van der Waals surface area contributed by atoms with Gasteiger partial charge in [0.1, 0.15) is 5.00 Å². The lowest BCUT2D eigenvalue weighted by molar-refractivity contribution is 0.0600. The number of benzene rings is 2. The maximum absolute atomic E-state index is 13.9. The minimum atomic E-state index is -0.404. The van der Waals surface area contributed by atoms with Crippen LogP contribution in [0.5, 0.6) is 0 Å². The highest BCUT2D eigenvalue weighted by Gasteiger charge is 2.35. The molecule has 0 saturated carbocycles. The monoisotopic (exact) mass is 604 g/mol. The Bertz CT molecular complexity index is 1590. The van der Waals surface area contributed by atoms with E-state index in [-0.39, 0.29) is 11.3 Å². The maximum Gasteiger partial charge on any atom is 0.341 e. The van der Waals surface area contributed by atoms with Gasteiger partial charge in [-0.1, -0.05) is 66.9 Å². The van der Waals surface area contributed by atoms with Gasteiger partial charge in [0.05, 0.1) is 29.4 Å². The van der Waals surface area contributed by atoms with Gasteiger partial charge in [-0.2, -0.15) is 0 Å². The van der Waals surface area contributed by atoms with Crippen molar-refractivity contribution < 1.29 is 14.3 Å². The zero-order valence-corrected chi connectivity index (χ0v) is 25.4.